The van der Waals surface area contributed by atoms with Crippen molar-refractivity contribution >= 4 is 12.3 Å². The van der Waals surface area contributed by atoms with Gasteiger partial charge in [-0.1, -0.05) is 19.9 Å². The number of allylic oxidation sites excluding steroid dienone is 1. The van der Waals surface area contributed by atoms with Gasteiger partial charge in [-0.3, -0.25) is 4.79 Å². The van der Waals surface area contributed by atoms with E-state index in [2.05, 4.69) is 6.92 Å². The Labute approximate surface area is 119 Å². The van der Waals surface area contributed by atoms with Gasteiger partial charge in [0, 0.05) is 0 Å². The van der Waals surface area contributed by atoms with Crippen LogP contribution >= 0.6 is 0 Å². The van der Waals surface area contributed by atoms with Crippen LogP contribution in [0.4, 0.5) is 0 Å². The summed E-state index contributed by atoms with van der Waals surface area (Å²) in [4.78, 5) is 23.2. The summed E-state index contributed by atoms with van der Waals surface area (Å²) in [6.45, 7) is 4.00. The van der Waals surface area contributed by atoms with Crippen LogP contribution in [-0.4, -0.2) is 29.1 Å². The lowest BCUT2D eigenvalue weighted by molar-refractivity contribution is -0.149. The molecule has 0 aliphatic heterocycles. The highest BCUT2D eigenvalue weighted by Gasteiger charge is 2.56. The minimum atomic E-state index is -0.804. The molecule has 2 aliphatic carbocycles. The second-order valence-electron chi connectivity index (χ2n) is 6.69. The number of carbonyl (C=O) groups excluding carboxylic acids is 1. The number of aliphatic hydroxyl groups is 1. The fraction of sp³-hybridized carbons (Fsp3) is 0.750. The summed E-state index contributed by atoms with van der Waals surface area (Å²) in [5, 5.41) is 18.9. The van der Waals surface area contributed by atoms with Crippen LogP contribution in [-0.2, 0) is 9.59 Å². The number of aldehydes is 1. The molecular formula is C16H24O4. The van der Waals surface area contributed by atoms with E-state index in [0.29, 0.717) is 0 Å². The molecule has 0 aromatic rings. The number of carboxylic acids is 1. The molecule has 0 bridgehead atoms. The van der Waals surface area contributed by atoms with E-state index in [9.17, 15) is 19.8 Å². The average Bonchev–Trinajstić information content (AvgIpc) is 2.42. The van der Waals surface area contributed by atoms with E-state index >= 15 is 0 Å². The van der Waals surface area contributed by atoms with Crippen molar-refractivity contribution in [2.45, 2.75) is 46.0 Å². The van der Waals surface area contributed by atoms with Crippen molar-refractivity contribution in [3.8, 4) is 0 Å². The molecule has 4 heteroatoms. The molecule has 20 heavy (non-hydrogen) atoms. The summed E-state index contributed by atoms with van der Waals surface area (Å²) < 4.78 is 0. The van der Waals surface area contributed by atoms with Crippen molar-refractivity contribution in [1.82, 2.24) is 0 Å². The van der Waals surface area contributed by atoms with Crippen molar-refractivity contribution < 1.29 is 19.8 Å². The van der Waals surface area contributed by atoms with Crippen LogP contribution in [0.15, 0.2) is 11.6 Å². The van der Waals surface area contributed by atoms with E-state index in [1.54, 1.807) is 0 Å². The third kappa shape index (κ3) is 2.10. The molecule has 4 nitrogen and oxygen atoms in total. The maximum absolute atomic E-state index is 11.9. The molecule has 2 rings (SSSR count). The Bertz CT molecular complexity index is 442. The quantitative estimate of drug-likeness (QED) is 0.612. The van der Waals surface area contributed by atoms with Crippen LogP contribution < -0.4 is 0 Å². The summed E-state index contributed by atoms with van der Waals surface area (Å²) in [5.41, 5.74) is -0.240. The number of fused-ring (bicyclic) bond motifs is 1. The first-order valence-electron chi connectivity index (χ1n) is 7.39. The van der Waals surface area contributed by atoms with Crippen LogP contribution in [0.3, 0.4) is 0 Å². The molecule has 0 radical (unpaired) electrons. The third-order valence-corrected chi connectivity index (χ3v) is 5.89. The molecule has 1 fully saturated rings. The lowest BCUT2D eigenvalue weighted by Gasteiger charge is -2.56. The van der Waals surface area contributed by atoms with E-state index in [1.165, 1.54) is 0 Å². The van der Waals surface area contributed by atoms with Crippen molar-refractivity contribution in [2.24, 2.45) is 22.7 Å². The lowest BCUT2D eigenvalue weighted by atomic mass is 9.47. The van der Waals surface area contributed by atoms with E-state index in [0.717, 1.165) is 37.5 Å². The first-order valence-corrected chi connectivity index (χ1v) is 7.39. The van der Waals surface area contributed by atoms with Gasteiger partial charge in [0.15, 0.2) is 0 Å². The van der Waals surface area contributed by atoms with Gasteiger partial charge < -0.3 is 15.0 Å². The third-order valence-electron chi connectivity index (χ3n) is 5.89. The molecule has 0 aromatic carbocycles. The molecule has 2 aliphatic rings. The molecule has 0 saturated heterocycles. The second kappa shape index (κ2) is 5.32. The molecule has 1 saturated carbocycles. The highest BCUT2D eigenvalue weighted by atomic mass is 16.4. The first kappa shape index (κ1) is 15.2. The molecule has 0 spiro atoms. The molecule has 0 heterocycles. The van der Waals surface area contributed by atoms with Gasteiger partial charge in [0.05, 0.1) is 18.4 Å². The van der Waals surface area contributed by atoms with Gasteiger partial charge in [-0.25, -0.2) is 0 Å². The van der Waals surface area contributed by atoms with E-state index in [-0.39, 0.29) is 30.3 Å². The number of hydrogen-bond acceptors (Lipinski definition) is 3. The van der Waals surface area contributed by atoms with Crippen molar-refractivity contribution in [3.63, 3.8) is 0 Å². The normalized spacial score (nSPS) is 40.6. The van der Waals surface area contributed by atoms with Gasteiger partial charge in [-0.15, -0.1) is 0 Å². The zero-order chi connectivity index (χ0) is 15.0. The average molecular weight is 280 g/mol. The molecule has 0 amide bonds. The number of hydrogen-bond donors (Lipinski definition) is 2. The van der Waals surface area contributed by atoms with E-state index in [1.807, 2.05) is 13.0 Å². The van der Waals surface area contributed by atoms with Gasteiger partial charge in [-0.2, -0.15) is 0 Å². The SMILES string of the molecule is C[C@@H]1CC[C@]2(C=O)C(CO)=CCC[C@@H]2[C@]1(C)CC(=O)O. The Kier molecular flexibility index (Phi) is 4.05. The summed E-state index contributed by atoms with van der Waals surface area (Å²) >= 11 is 0. The predicted octanol–water partition coefficient (Wildman–Crippen LogP) is 2.41. The largest absolute Gasteiger partial charge is 0.481 e. The summed E-state index contributed by atoms with van der Waals surface area (Å²) in [6, 6.07) is 0. The zero-order valence-electron chi connectivity index (χ0n) is 12.3. The molecule has 0 aromatic heterocycles. The van der Waals surface area contributed by atoms with Crippen LogP contribution in [0.1, 0.15) is 46.0 Å². The molecule has 4 atom stereocenters. The highest BCUT2D eigenvalue weighted by molar-refractivity contribution is 5.70. The van der Waals surface area contributed by atoms with Crippen LogP contribution in [0.2, 0.25) is 0 Å². The Morgan fingerprint density at radius 3 is 2.75 bits per heavy atom. The Morgan fingerprint density at radius 1 is 1.50 bits per heavy atom. The van der Waals surface area contributed by atoms with Crippen LogP contribution in [0.25, 0.3) is 0 Å². The zero-order valence-corrected chi connectivity index (χ0v) is 12.3. The number of aliphatic carboxylic acids is 1. The Hall–Kier alpha value is -1.16. The minimum Gasteiger partial charge on any atom is -0.481 e. The minimum absolute atomic E-state index is 0.0134. The van der Waals surface area contributed by atoms with Crippen LogP contribution in [0.5, 0.6) is 0 Å². The lowest BCUT2D eigenvalue weighted by Crippen LogP contribution is -2.53. The topological polar surface area (TPSA) is 74.6 Å². The smallest absolute Gasteiger partial charge is 0.303 e. The van der Waals surface area contributed by atoms with E-state index < -0.39 is 11.4 Å². The molecule has 0 unspecified atom stereocenters. The fourth-order valence-electron chi connectivity index (χ4n) is 4.53. The van der Waals surface area contributed by atoms with Crippen LogP contribution in [0, 0.1) is 22.7 Å². The summed E-state index contributed by atoms with van der Waals surface area (Å²) in [7, 11) is 0. The van der Waals surface area contributed by atoms with E-state index in [4.69, 9.17) is 0 Å². The number of carbonyl (C=O) groups is 2. The summed E-state index contributed by atoms with van der Waals surface area (Å²) in [6.07, 6.45) is 6.24. The Morgan fingerprint density at radius 2 is 2.20 bits per heavy atom. The molecular weight excluding hydrogens is 256 g/mol. The maximum atomic E-state index is 11.9. The van der Waals surface area contributed by atoms with Crippen molar-refractivity contribution in [1.29, 1.82) is 0 Å². The first-order chi connectivity index (χ1) is 9.40. The van der Waals surface area contributed by atoms with Gasteiger partial charge >= 0.3 is 5.97 Å². The maximum Gasteiger partial charge on any atom is 0.303 e. The van der Waals surface area contributed by atoms with Gasteiger partial charge in [0.2, 0.25) is 0 Å². The van der Waals surface area contributed by atoms with Crippen molar-refractivity contribution in [2.75, 3.05) is 6.61 Å². The standard InChI is InChI=1S/C16H24O4/c1-11-6-7-16(10-18)12(9-17)4-3-5-13(16)15(11,2)8-14(19)20/h4,10-11,13,17H,3,5-9H2,1-2H3,(H,19,20)/t11-,13-,15-,16+/m1/s1. The predicted molar refractivity (Wildman–Crippen MR) is 75.1 cm³/mol. The number of rotatable bonds is 4. The summed E-state index contributed by atoms with van der Waals surface area (Å²) in [5.74, 6) is -0.518. The van der Waals surface area contributed by atoms with Gasteiger partial charge in [-0.05, 0) is 48.5 Å². The van der Waals surface area contributed by atoms with Gasteiger partial charge in [0.1, 0.15) is 6.29 Å². The highest BCUT2D eigenvalue weighted by Crippen LogP contribution is 2.60. The van der Waals surface area contributed by atoms with Crippen molar-refractivity contribution in [3.05, 3.63) is 11.6 Å². The second-order valence-corrected chi connectivity index (χ2v) is 6.69. The number of carboxylic acid groups (broad SMARTS) is 1. The molecule has 2 N–H and O–H groups in total. The molecule has 112 valence electrons. The Balaban J connectivity index is 2.48. The monoisotopic (exact) mass is 280 g/mol. The fourth-order valence-corrected chi connectivity index (χ4v) is 4.53. The van der Waals surface area contributed by atoms with Gasteiger partial charge in [0.25, 0.3) is 0 Å². The number of aliphatic hydroxyl groups excluding tert-OH is 1.